The molecule has 4 rings (SSSR count). The molecule has 2 aromatic carbocycles. The van der Waals surface area contributed by atoms with Crippen molar-refractivity contribution < 1.29 is 18.7 Å². The summed E-state index contributed by atoms with van der Waals surface area (Å²) in [6.07, 6.45) is -1.26. The monoisotopic (exact) mass is 412 g/mol. The van der Waals surface area contributed by atoms with Gasteiger partial charge >= 0.3 is 6.09 Å². The molecule has 0 unspecified atom stereocenters. The second kappa shape index (κ2) is 8.22. The molecule has 0 radical (unpaired) electrons. The molecular weight excluding hydrogens is 387 g/mol. The minimum Gasteiger partial charge on any atom is -0.423 e. The number of likely N-dealkylation sites (N-methyl/N-ethyl adjacent to an activating group) is 1. The van der Waals surface area contributed by atoms with Crippen molar-refractivity contribution in [2.45, 2.75) is 13.2 Å². The van der Waals surface area contributed by atoms with Gasteiger partial charge in [0, 0.05) is 45.8 Å². The molecule has 30 heavy (non-hydrogen) atoms. The number of nitrogens with zero attached hydrogens (tertiary/aromatic N) is 4. The fourth-order valence-corrected chi connectivity index (χ4v) is 3.83. The summed E-state index contributed by atoms with van der Waals surface area (Å²) in [6.45, 7) is 4.61. The van der Waals surface area contributed by atoms with E-state index in [9.17, 15) is 14.0 Å². The number of para-hydroxylation sites is 1. The number of piperazine rings is 1. The third kappa shape index (κ3) is 3.90. The third-order valence-corrected chi connectivity index (χ3v) is 5.71. The van der Waals surface area contributed by atoms with Crippen LogP contribution in [0.1, 0.15) is 6.92 Å². The predicted molar refractivity (Wildman–Crippen MR) is 113 cm³/mol. The van der Waals surface area contributed by atoms with Crippen molar-refractivity contribution in [2.24, 2.45) is 0 Å². The average molecular weight is 412 g/mol. The number of cyclic esters (lactones) is 1. The van der Waals surface area contributed by atoms with Gasteiger partial charge in [0.25, 0.3) is 0 Å². The van der Waals surface area contributed by atoms with E-state index in [4.69, 9.17) is 4.74 Å². The molecule has 2 amide bonds. The van der Waals surface area contributed by atoms with E-state index in [-0.39, 0.29) is 18.3 Å². The fraction of sp³-hybridized carbons (Fsp3) is 0.364. The number of hydrogen-bond acceptors (Lipinski definition) is 5. The fourth-order valence-electron chi connectivity index (χ4n) is 3.83. The molecule has 7 nitrogen and oxygen atoms in total. The van der Waals surface area contributed by atoms with Crippen LogP contribution >= 0.6 is 0 Å². The van der Waals surface area contributed by atoms with Gasteiger partial charge in [0.15, 0.2) is 6.23 Å². The van der Waals surface area contributed by atoms with Gasteiger partial charge < -0.3 is 19.4 Å². The minimum absolute atomic E-state index is 0.170. The first-order chi connectivity index (χ1) is 14.4. The molecule has 2 aromatic rings. The Hall–Kier alpha value is -3.29. The SMILES string of the molecule is CC(=O)N(C)[C@@H]1CN(c2ccc(N3CCN(c4ccccc4)CC3)c(F)c2)C(=O)O1. The molecule has 2 saturated heterocycles. The first-order valence-electron chi connectivity index (χ1n) is 10.00. The summed E-state index contributed by atoms with van der Waals surface area (Å²) in [5.74, 6) is -0.581. The van der Waals surface area contributed by atoms with E-state index >= 15 is 0 Å². The Labute approximate surface area is 175 Å². The van der Waals surface area contributed by atoms with Crippen LogP contribution in [0.3, 0.4) is 0 Å². The van der Waals surface area contributed by atoms with Crippen LogP contribution in [0.2, 0.25) is 0 Å². The number of benzene rings is 2. The Balaban J connectivity index is 1.43. The van der Waals surface area contributed by atoms with E-state index in [1.807, 2.05) is 23.1 Å². The van der Waals surface area contributed by atoms with E-state index in [0.717, 1.165) is 13.1 Å². The molecular formula is C22H25FN4O3. The predicted octanol–water partition coefficient (Wildman–Crippen LogP) is 2.91. The van der Waals surface area contributed by atoms with Gasteiger partial charge in [0.1, 0.15) is 5.82 Å². The number of amides is 2. The Morgan fingerprint density at radius 2 is 1.70 bits per heavy atom. The summed E-state index contributed by atoms with van der Waals surface area (Å²) < 4.78 is 20.2. The molecule has 0 spiro atoms. The lowest BCUT2D eigenvalue weighted by molar-refractivity contribution is -0.134. The Morgan fingerprint density at radius 1 is 1.03 bits per heavy atom. The molecule has 2 aliphatic heterocycles. The number of rotatable bonds is 4. The number of anilines is 3. The smallest absolute Gasteiger partial charge is 0.416 e. The van der Waals surface area contributed by atoms with Gasteiger partial charge in [0.05, 0.1) is 17.9 Å². The largest absolute Gasteiger partial charge is 0.423 e. The van der Waals surface area contributed by atoms with Crippen molar-refractivity contribution in [2.75, 3.05) is 54.5 Å². The van der Waals surface area contributed by atoms with E-state index < -0.39 is 12.3 Å². The van der Waals surface area contributed by atoms with Crippen LogP contribution < -0.4 is 14.7 Å². The minimum atomic E-state index is -0.677. The lowest BCUT2D eigenvalue weighted by atomic mass is 10.2. The van der Waals surface area contributed by atoms with Crippen molar-refractivity contribution in [3.63, 3.8) is 0 Å². The molecule has 8 heteroatoms. The van der Waals surface area contributed by atoms with Gasteiger partial charge in [-0.25, -0.2) is 9.18 Å². The summed E-state index contributed by atoms with van der Waals surface area (Å²) in [4.78, 5) is 30.7. The highest BCUT2D eigenvalue weighted by Gasteiger charge is 2.36. The Bertz CT molecular complexity index is 931. The molecule has 158 valence electrons. The molecule has 2 fully saturated rings. The Kier molecular flexibility index (Phi) is 5.48. The Morgan fingerprint density at radius 3 is 2.33 bits per heavy atom. The molecule has 0 N–H and O–H groups in total. The zero-order valence-electron chi connectivity index (χ0n) is 17.1. The van der Waals surface area contributed by atoms with Crippen molar-refractivity contribution >= 4 is 29.1 Å². The third-order valence-electron chi connectivity index (χ3n) is 5.71. The second-order valence-corrected chi connectivity index (χ2v) is 7.52. The summed E-state index contributed by atoms with van der Waals surface area (Å²) in [5, 5.41) is 0. The quantitative estimate of drug-likeness (QED) is 0.773. The summed E-state index contributed by atoms with van der Waals surface area (Å²) >= 11 is 0. The van der Waals surface area contributed by atoms with Crippen LogP contribution in [0.5, 0.6) is 0 Å². The topological polar surface area (TPSA) is 56.3 Å². The van der Waals surface area contributed by atoms with Gasteiger partial charge in [-0.15, -0.1) is 0 Å². The van der Waals surface area contributed by atoms with E-state index in [0.29, 0.717) is 24.5 Å². The van der Waals surface area contributed by atoms with E-state index in [1.54, 1.807) is 19.2 Å². The maximum atomic E-state index is 14.9. The molecule has 1 atom stereocenters. The highest BCUT2D eigenvalue weighted by molar-refractivity contribution is 5.90. The van der Waals surface area contributed by atoms with Crippen LogP contribution in [-0.2, 0) is 9.53 Å². The van der Waals surface area contributed by atoms with Crippen LogP contribution in [0, 0.1) is 5.82 Å². The maximum Gasteiger partial charge on any atom is 0.416 e. The van der Waals surface area contributed by atoms with Gasteiger partial charge in [-0.05, 0) is 30.3 Å². The van der Waals surface area contributed by atoms with Crippen molar-refractivity contribution in [3.8, 4) is 0 Å². The summed E-state index contributed by atoms with van der Waals surface area (Å²) in [5.41, 5.74) is 2.12. The highest BCUT2D eigenvalue weighted by atomic mass is 19.1. The average Bonchev–Trinajstić information content (AvgIpc) is 3.15. The summed E-state index contributed by atoms with van der Waals surface area (Å²) in [7, 11) is 1.57. The molecule has 0 saturated carbocycles. The first kappa shape index (κ1) is 20.0. The zero-order valence-corrected chi connectivity index (χ0v) is 17.1. The van der Waals surface area contributed by atoms with Crippen molar-refractivity contribution in [3.05, 3.63) is 54.3 Å². The molecule has 2 aliphatic rings. The number of ether oxygens (including phenoxy) is 1. The lowest BCUT2D eigenvalue weighted by Crippen LogP contribution is -2.46. The highest BCUT2D eigenvalue weighted by Crippen LogP contribution is 2.29. The molecule has 2 heterocycles. The van der Waals surface area contributed by atoms with Crippen molar-refractivity contribution in [1.82, 2.24) is 4.90 Å². The van der Waals surface area contributed by atoms with Crippen molar-refractivity contribution in [1.29, 1.82) is 0 Å². The normalized spacial score (nSPS) is 19.1. The number of carbonyl (C=O) groups is 2. The van der Waals surface area contributed by atoms with E-state index in [1.165, 1.54) is 28.5 Å². The van der Waals surface area contributed by atoms with Crippen LogP contribution in [0.4, 0.5) is 26.2 Å². The molecule has 0 aliphatic carbocycles. The summed E-state index contributed by atoms with van der Waals surface area (Å²) in [6, 6.07) is 15.0. The van der Waals surface area contributed by atoms with Crippen LogP contribution in [0.25, 0.3) is 0 Å². The van der Waals surface area contributed by atoms with Gasteiger partial charge in [0.2, 0.25) is 5.91 Å². The zero-order chi connectivity index (χ0) is 21.3. The second-order valence-electron chi connectivity index (χ2n) is 7.52. The number of carbonyl (C=O) groups excluding carboxylic acids is 2. The lowest BCUT2D eigenvalue weighted by Gasteiger charge is -2.37. The number of halogens is 1. The van der Waals surface area contributed by atoms with Gasteiger partial charge in [-0.1, -0.05) is 18.2 Å². The number of hydrogen-bond donors (Lipinski definition) is 0. The van der Waals surface area contributed by atoms with Crippen LogP contribution in [0.15, 0.2) is 48.5 Å². The first-order valence-corrected chi connectivity index (χ1v) is 10.00. The molecule has 0 bridgehead atoms. The van der Waals surface area contributed by atoms with E-state index in [2.05, 4.69) is 17.0 Å². The standard InChI is InChI=1S/C22H25FN4O3/c1-16(28)24(2)21-15-27(22(29)30-21)18-8-9-20(19(23)14-18)26-12-10-25(11-13-26)17-6-4-3-5-7-17/h3-9,14,21H,10-13,15H2,1-2H3/t21-/m0/s1. The maximum absolute atomic E-state index is 14.9. The van der Waals surface area contributed by atoms with Gasteiger partial charge in [-0.2, -0.15) is 0 Å². The van der Waals surface area contributed by atoms with Gasteiger partial charge in [-0.3, -0.25) is 9.69 Å². The molecule has 0 aromatic heterocycles. The van der Waals surface area contributed by atoms with Crippen LogP contribution in [-0.4, -0.2) is 62.9 Å².